The van der Waals surface area contributed by atoms with Crippen LogP contribution in [-0.4, -0.2) is 30.8 Å². The zero-order chi connectivity index (χ0) is 24.7. The van der Waals surface area contributed by atoms with E-state index in [1.807, 2.05) is 31.2 Å². The number of hydrogen-bond donors (Lipinski definition) is 1. The maximum atomic E-state index is 13.0. The lowest BCUT2D eigenvalue weighted by Crippen LogP contribution is -2.42. The lowest BCUT2D eigenvalue weighted by molar-refractivity contribution is -0.120. The zero-order valence-electron chi connectivity index (χ0n) is 20.5. The molecule has 2 aromatic heterocycles. The molecule has 1 N–H and O–H groups in total. The van der Waals surface area contributed by atoms with Crippen LogP contribution in [0.2, 0.25) is 23.3 Å². The highest BCUT2D eigenvalue weighted by Crippen LogP contribution is 2.42. The molecule has 176 valence electrons. The second-order valence-corrected chi connectivity index (χ2v) is 15.7. The van der Waals surface area contributed by atoms with Crippen LogP contribution in [0.1, 0.15) is 50.9 Å². The summed E-state index contributed by atoms with van der Waals surface area (Å²) in [6.07, 6.45) is 4.06. The standard InChI is InChI=1S/C27H30ClN3O2Si/c1-26(2,3)34(5,6)33-14-12-27(4)21-9-7-18(15-23(21)31-25(27)32)8-10-22-20-16-24(28)30-17-19(20)11-13-29-22/h7,9,11,13,15-17H,12,14H2,1-6H3,(H,31,32). The lowest BCUT2D eigenvalue weighted by Gasteiger charge is -2.37. The molecule has 0 radical (unpaired) electrons. The summed E-state index contributed by atoms with van der Waals surface area (Å²) in [6.45, 7) is 13.7. The van der Waals surface area contributed by atoms with Gasteiger partial charge in [-0.05, 0) is 67.2 Å². The number of benzene rings is 1. The number of fused-ring (bicyclic) bond motifs is 2. The molecule has 0 fully saturated rings. The quantitative estimate of drug-likeness (QED) is 0.264. The van der Waals surface area contributed by atoms with Gasteiger partial charge in [-0.15, -0.1) is 0 Å². The Morgan fingerprint density at radius 2 is 1.91 bits per heavy atom. The van der Waals surface area contributed by atoms with Crippen molar-refractivity contribution in [3.8, 4) is 11.8 Å². The number of carbonyl (C=O) groups excluding carboxylic acids is 1. The number of halogens is 1. The van der Waals surface area contributed by atoms with Gasteiger partial charge in [0, 0.05) is 41.0 Å². The van der Waals surface area contributed by atoms with Crippen molar-refractivity contribution in [1.29, 1.82) is 0 Å². The second-order valence-electron chi connectivity index (χ2n) is 10.5. The fourth-order valence-corrected chi connectivity index (χ4v) is 5.04. The van der Waals surface area contributed by atoms with E-state index < -0.39 is 13.7 Å². The predicted octanol–water partition coefficient (Wildman–Crippen LogP) is 6.30. The van der Waals surface area contributed by atoms with Crippen LogP contribution in [0.5, 0.6) is 0 Å². The van der Waals surface area contributed by atoms with E-state index in [0.717, 1.165) is 27.6 Å². The van der Waals surface area contributed by atoms with E-state index in [9.17, 15) is 4.79 Å². The molecule has 0 saturated carbocycles. The number of pyridine rings is 2. The summed E-state index contributed by atoms with van der Waals surface area (Å²) in [4.78, 5) is 21.5. The first-order valence-corrected chi connectivity index (χ1v) is 14.7. The lowest BCUT2D eigenvalue weighted by atomic mass is 9.81. The summed E-state index contributed by atoms with van der Waals surface area (Å²) in [5.74, 6) is 6.33. The third kappa shape index (κ3) is 4.61. The monoisotopic (exact) mass is 491 g/mol. The zero-order valence-corrected chi connectivity index (χ0v) is 22.3. The van der Waals surface area contributed by atoms with Crippen molar-refractivity contribution in [2.75, 3.05) is 11.9 Å². The normalized spacial score (nSPS) is 17.8. The van der Waals surface area contributed by atoms with Crippen LogP contribution in [0.3, 0.4) is 0 Å². The second kappa shape index (κ2) is 8.81. The van der Waals surface area contributed by atoms with Gasteiger partial charge >= 0.3 is 0 Å². The van der Waals surface area contributed by atoms with Gasteiger partial charge in [0.15, 0.2) is 8.32 Å². The van der Waals surface area contributed by atoms with E-state index in [4.69, 9.17) is 16.0 Å². The summed E-state index contributed by atoms with van der Waals surface area (Å²) in [6, 6.07) is 9.54. The van der Waals surface area contributed by atoms with Gasteiger partial charge < -0.3 is 9.74 Å². The summed E-state index contributed by atoms with van der Waals surface area (Å²) in [5.41, 5.74) is 2.62. The molecule has 1 amide bonds. The molecule has 1 aliphatic rings. The molecular formula is C27H30ClN3O2Si. The minimum absolute atomic E-state index is 0.00398. The van der Waals surface area contributed by atoms with Crippen molar-refractivity contribution in [2.24, 2.45) is 0 Å². The van der Waals surface area contributed by atoms with E-state index in [-0.39, 0.29) is 10.9 Å². The Hall–Kier alpha value is -2.72. The first-order valence-electron chi connectivity index (χ1n) is 11.4. The molecule has 4 rings (SSSR count). The molecule has 3 heterocycles. The van der Waals surface area contributed by atoms with Gasteiger partial charge in [-0.3, -0.25) is 4.79 Å². The van der Waals surface area contributed by atoms with E-state index in [0.29, 0.717) is 23.9 Å². The largest absolute Gasteiger partial charge is 0.417 e. The van der Waals surface area contributed by atoms with Crippen molar-refractivity contribution in [2.45, 2.75) is 57.7 Å². The minimum atomic E-state index is -1.87. The predicted molar refractivity (Wildman–Crippen MR) is 141 cm³/mol. The number of nitrogens with one attached hydrogen (secondary N) is 1. The van der Waals surface area contributed by atoms with Gasteiger partial charge in [-0.25, -0.2) is 9.97 Å². The van der Waals surface area contributed by atoms with E-state index in [2.05, 4.69) is 61.0 Å². The molecule has 0 saturated heterocycles. The first kappa shape index (κ1) is 24.4. The van der Waals surface area contributed by atoms with Crippen LogP contribution in [-0.2, 0) is 14.6 Å². The molecule has 1 aromatic carbocycles. The average molecular weight is 492 g/mol. The summed E-state index contributed by atoms with van der Waals surface area (Å²) >= 11 is 6.06. The van der Waals surface area contributed by atoms with Crippen LogP contribution >= 0.6 is 11.6 Å². The van der Waals surface area contributed by atoms with Crippen molar-refractivity contribution >= 4 is 42.3 Å². The third-order valence-electron chi connectivity index (χ3n) is 7.17. The van der Waals surface area contributed by atoms with Gasteiger partial charge in [-0.1, -0.05) is 44.4 Å². The van der Waals surface area contributed by atoms with Gasteiger partial charge in [0.2, 0.25) is 5.91 Å². The third-order valence-corrected chi connectivity index (χ3v) is 11.9. The molecule has 0 spiro atoms. The average Bonchev–Trinajstić information content (AvgIpc) is 3.00. The Bertz CT molecular complexity index is 1340. The number of amides is 1. The molecule has 0 aliphatic carbocycles. The summed E-state index contributed by atoms with van der Waals surface area (Å²) in [5, 5.41) is 5.38. The topological polar surface area (TPSA) is 64.1 Å². The van der Waals surface area contributed by atoms with Crippen LogP contribution < -0.4 is 5.32 Å². The highest BCUT2D eigenvalue weighted by Gasteiger charge is 2.43. The number of carbonyl (C=O) groups is 1. The van der Waals surface area contributed by atoms with Gasteiger partial charge in [0.05, 0.1) is 5.41 Å². The number of aromatic nitrogens is 2. The Morgan fingerprint density at radius 1 is 1.15 bits per heavy atom. The Labute approximate surface area is 207 Å². The molecule has 3 aromatic rings. The smallest absolute Gasteiger partial charge is 0.234 e. The van der Waals surface area contributed by atoms with Crippen molar-refractivity contribution in [3.05, 3.63) is 64.7 Å². The van der Waals surface area contributed by atoms with E-state index in [1.165, 1.54) is 0 Å². The fourth-order valence-electron chi connectivity index (χ4n) is 3.84. The SMILES string of the molecule is CC1(CCO[Si](C)(C)C(C)(C)C)C(=O)Nc2cc(C#Cc3nccc4cnc(Cl)cc34)ccc21. The Balaban J connectivity index is 1.56. The van der Waals surface area contributed by atoms with Crippen LogP contribution in [0.25, 0.3) is 10.8 Å². The Morgan fingerprint density at radius 3 is 2.65 bits per heavy atom. The van der Waals surface area contributed by atoms with Crippen LogP contribution in [0.15, 0.2) is 42.7 Å². The maximum Gasteiger partial charge on any atom is 0.234 e. The summed E-state index contributed by atoms with van der Waals surface area (Å²) in [7, 11) is -1.87. The molecule has 34 heavy (non-hydrogen) atoms. The number of nitrogens with zero attached hydrogens (tertiary/aromatic N) is 2. The molecule has 7 heteroatoms. The summed E-state index contributed by atoms with van der Waals surface area (Å²) < 4.78 is 6.35. The highest BCUT2D eigenvalue weighted by atomic mass is 35.5. The number of rotatable bonds is 4. The molecule has 1 aliphatic heterocycles. The number of hydrogen-bond acceptors (Lipinski definition) is 4. The minimum Gasteiger partial charge on any atom is -0.417 e. The van der Waals surface area contributed by atoms with Crippen LogP contribution in [0.4, 0.5) is 5.69 Å². The molecule has 1 unspecified atom stereocenters. The van der Waals surface area contributed by atoms with Crippen molar-refractivity contribution < 1.29 is 9.22 Å². The van der Waals surface area contributed by atoms with Gasteiger partial charge in [0.1, 0.15) is 10.8 Å². The molecular weight excluding hydrogens is 462 g/mol. The molecule has 5 nitrogen and oxygen atoms in total. The van der Waals surface area contributed by atoms with Crippen molar-refractivity contribution in [3.63, 3.8) is 0 Å². The van der Waals surface area contributed by atoms with Crippen molar-refractivity contribution in [1.82, 2.24) is 9.97 Å². The van der Waals surface area contributed by atoms with E-state index in [1.54, 1.807) is 18.5 Å². The van der Waals surface area contributed by atoms with Crippen LogP contribution in [0, 0.1) is 11.8 Å². The first-order chi connectivity index (χ1) is 15.9. The maximum absolute atomic E-state index is 13.0. The number of anilines is 1. The fraction of sp³-hybridized carbons (Fsp3) is 0.370. The van der Waals surface area contributed by atoms with E-state index >= 15 is 0 Å². The highest BCUT2D eigenvalue weighted by molar-refractivity contribution is 6.74. The van der Waals surface area contributed by atoms with Gasteiger partial charge in [0.25, 0.3) is 0 Å². The van der Waals surface area contributed by atoms with Gasteiger partial charge in [-0.2, -0.15) is 0 Å². The Kier molecular flexibility index (Phi) is 6.32. The molecule has 0 bridgehead atoms. The molecule has 1 atom stereocenters.